The molecule has 0 fully saturated rings. The van der Waals surface area contributed by atoms with Crippen LogP contribution in [-0.4, -0.2) is 39.0 Å². The lowest BCUT2D eigenvalue weighted by atomic mass is 10.3. The number of aromatic nitrogens is 2. The molecule has 0 aliphatic heterocycles. The van der Waals surface area contributed by atoms with Gasteiger partial charge in [0.1, 0.15) is 12.4 Å². The Morgan fingerprint density at radius 2 is 2.53 bits per heavy atom. The fraction of sp³-hybridized carbons (Fsp3) is 0.444. The van der Waals surface area contributed by atoms with Crippen molar-refractivity contribution in [1.29, 1.82) is 0 Å². The molecule has 0 aliphatic rings. The van der Waals surface area contributed by atoms with E-state index in [1.165, 1.54) is 10.9 Å². The second-order valence-corrected chi connectivity index (χ2v) is 4.01. The molecule has 0 saturated heterocycles. The molecule has 0 amide bonds. The third-order valence-electron chi connectivity index (χ3n) is 1.93. The number of aliphatic hydroxyl groups is 1. The van der Waals surface area contributed by atoms with Crippen LogP contribution in [0.2, 0.25) is 0 Å². The average molecular weight is 261 g/mol. The monoisotopic (exact) mass is 260 g/mol. The molecule has 1 unspecified atom stereocenters. The highest BCUT2D eigenvalue weighted by Gasteiger charge is 2.11. The van der Waals surface area contributed by atoms with E-state index in [1.54, 1.807) is 0 Å². The van der Waals surface area contributed by atoms with E-state index in [4.69, 9.17) is 11.6 Å². The summed E-state index contributed by atoms with van der Waals surface area (Å²) in [6.07, 6.45) is 1.70. The van der Waals surface area contributed by atoms with Gasteiger partial charge in [0.2, 0.25) is 0 Å². The van der Waals surface area contributed by atoms with Crippen molar-refractivity contribution in [2.24, 2.45) is 0 Å². The molecule has 0 radical (unpaired) electrons. The van der Waals surface area contributed by atoms with E-state index in [9.17, 15) is 15.2 Å². The molecule has 0 saturated carbocycles. The smallest absolute Gasteiger partial charge is 0.306 e. The molecule has 0 aromatic carbocycles. The Morgan fingerprint density at radius 1 is 1.82 bits per heavy atom. The second kappa shape index (κ2) is 6.33. The number of nitrogens with one attached hydrogen (secondary N) is 1. The first-order chi connectivity index (χ1) is 7.99. The highest BCUT2D eigenvalue weighted by molar-refractivity contribution is 6.29. The standard InChI is InChI=1S/C9H13ClN4O3/c1-7(10)2-11-4-9(15)6-13-5-8(3-12-13)14(16)17/h3,5,9,11,15H,1-2,4,6H2. The molecule has 17 heavy (non-hydrogen) atoms. The van der Waals surface area contributed by atoms with Crippen LogP contribution in [0.4, 0.5) is 5.69 Å². The summed E-state index contributed by atoms with van der Waals surface area (Å²) in [5.74, 6) is 0. The minimum Gasteiger partial charge on any atom is -0.390 e. The fourth-order valence-corrected chi connectivity index (χ4v) is 1.30. The van der Waals surface area contributed by atoms with E-state index < -0.39 is 11.0 Å². The predicted octanol–water partition coefficient (Wildman–Crippen LogP) is 0.494. The van der Waals surface area contributed by atoms with Gasteiger partial charge in [-0.05, 0) is 0 Å². The first-order valence-corrected chi connectivity index (χ1v) is 5.25. The third kappa shape index (κ3) is 4.94. The van der Waals surface area contributed by atoms with Gasteiger partial charge in [-0.25, -0.2) is 0 Å². The molecular formula is C9H13ClN4O3. The van der Waals surface area contributed by atoms with E-state index in [0.717, 1.165) is 6.20 Å². The Kier molecular flexibility index (Phi) is 5.08. The Hall–Kier alpha value is -1.44. The number of rotatable bonds is 7. The molecule has 1 aromatic heterocycles. The summed E-state index contributed by atoms with van der Waals surface area (Å²) in [7, 11) is 0. The number of nitro groups is 1. The number of halogens is 1. The molecular weight excluding hydrogens is 248 g/mol. The summed E-state index contributed by atoms with van der Waals surface area (Å²) in [5.41, 5.74) is -0.0979. The van der Waals surface area contributed by atoms with Crippen LogP contribution in [0.25, 0.3) is 0 Å². The second-order valence-electron chi connectivity index (χ2n) is 3.48. The van der Waals surface area contributed by atoms with Crippen LogP contribution < -0.4 is 5.32 Å². The van der Waals surface area contributed by atoms with Crippen LogP contribution in [0.3, 0.4) is 0 Å². The van der Waals surface area contributed by atoms with Gasteiger partial charge in [-0.2, -0.15) is 5.10 Å². The maximum atomic E-state index is 10.4. The first kappa shape index (κ1) is 13.6. The van der Waals surface area contributed by atoms with Gasteiger partial charge in [0.25, 0.3) is 0 Å². The SMILES string of the molecule is C=C(Cl)CNCC(O)Cn1cc([N+](=O)[O-])cn1. The summed E-state index contributed by atoms with van der Waals surface area (Å²) in [4.78, 5) is 9.86. The van der Waals surface area contributed by atoms with E-state index in [-0.39, 0.29) is 12.2 Å². The maximum Gasteiger partial charge on any atom is 0.306 e. The zero-order valence-electron chi connectivity index (χ0n) is 9.04. The predicted molar refractivity (Wildman–Crippen MR) is 62.8 cm³/mol. The molecule has 0 spiro atoms. The van der Waals surface area contributed by atoms with Gasteiger partial charge in [-0.15, -0.1) is 0 Å². The van der Waals surface area contributed by atoms with Crippen LogP contribution in [0.1, 0.15) is 0 Å². The van der Waals surface area contributed by atoms with Crippen molar-refractivity contribution < 1.29 is 10.0 Å². The molecule has 0 bridgehead atoms. The summed E-state index contributed by atoms with van der Waals surface area (Å²) >= 11 is 5.53. The van der Waals surface area contributed by atoms with Crippen LogP contribution in [0, 0.1) is 10.1 Å². The summed E-state index contributed by atoms with van der Waals surface area (Å²) < 4.78 is 1.32. The maximum absolute atomic E-state index is 10.4. The number of hydrogen-bond donors (Lipinski definition) is 2. The summed E-state index contributed by atoms with van der Waals surface area (Å²) in [5, 5.41) is 27.1. The van der Waals surface area contributed by atoms with Crippen LogP contribution in [-0.2, 0) is 6.54 Å². The van der Waals surface area contributed by atoms with Gasteiger partial charge in [-0.1, -0.05) is 18.2 Å². The molecule has 94 valence electrons. The van der Waals surface area contributed by atoms with Crippen molar-refractivity contribution in [2.75, 3.05) is 13.1 Å². The summed E-state index contributed by atoms with van der Waals surface area (Å²) in [6, 6.07) is 0. The minimum atomic E-state index is -0.703. The zero-order valence-corrected chi connectivity index (χ0v) is 9.80. The Bertz CT molecular complexity index is 407. The van der Waals surface area contributed by atoms with Crippen molar-refractivity contribution in [3.05, 3.63) is 34.1 Å². The Morgan fingerprint density at radius 3 is 3.06 bits per heavy atom. The molecule has 2 N–H and O–H groups in total. The van der Waals surface area contributed by atoms with Gasteiger partial charge < -0.3 is 10.4 Å². The third-order valence-corrected chi connectivity index (χ3v) is 2.06. The minimum absolute atomic E-state index is 0.0979. The van der Waals surface area contributed by atoms with Crippen molar-refractivity contribution in [3.63, 3.8) is 0 Å². The van der Waals surface area contributed by atoms with Gasteiger partial charge in [0, 0.05) is 18.1 Å². The normalized spacial score (nSPS) is 12.4. The van der Waals surface area contributed by atoms with E-state index in [1.807, 2.05) is 0 Å². The highest BCUT2D eigenvalue weighted by atomic mass is 35.5. The molecule has 1 atom stereocenters. The number of nitrogens with zero attached hydrogens (tertiary/aromatic N) is 3. The van der Waals surface area contributed by atoms with Crippen molar-refractivity contribution in [2.45, 2.75) is 12.6 Å². The lowest BCUT2D eigenvalue weighted by Gasteiger charge is -2.10. The van der Waals surface area contributed by atoms with Gasteiger partial charge in [0.15, 0.2) is 0 Å². The lowest BCUT2D eigenvalue weighted by molar-refractivity contribution is -0.385. The quantitative estimate of drug-likeness (QED) is 0.550. The van der Waals surface area contributed by atoms with Gasteiger partial charge >= 0.3 is 5.69 Å². The highest BCUT2D eigenvalue weighted by Crippen LogP contribution is 2.07. The van der Waals surface area contributed by atoms with Crippen molar-refractivity contribution in [3.8, 4) is 0 Å². The fourth-order valence-electron chi connectivity index (χ4n) is 1.20. The lowest BCUT2D eigenvalue weighted by Crippen LogP contribution is -2.31. The molecule has 1 heterocycles. The number of hydrogen-bond acceptors (Lipinski definition) is 5. The topological polar surface area (TPSA) is 93.2 Å². The molecule has 1 aromatic rings. The van der Waals surface area contributed by atoms with Crippen LogP contribution >= 0.6 is 11.6 Å². The average Bonchev–Trinajstić information content (AvgIpc) is 2.65. The number of aliphatic hydroxyl groups excluding tert-OH is 1. The van der Waals surface area contributed by atoms with Gasteiger partial charge in [0.05, 0.1) is 17.6 Å². The molecule has 0 aliphatic carbocycles. The first-order valence-electron chi connectivity index (χ1n) is 4.88. The van der Waals surface area contributed by atoms with Crippen LogP contribution in [0.5, 0.6) is 0 Å². The zero-order chi connectivity index (χ0) is 12.8. The van der Waals surface area contributed by atoms with Crippen LogP contribution in [0.15, 0.2) is 24.0 Å². The Labute approximate surface area is 103 Å². The Balaban J connectivity index is 2.36. The van der Waals surface area contributed by atoms with E-state index >= 15 is 0 Å². The van der Waals surface area contributed by atoms with Crippen molar-refractivity contribution >= 4 is 17.3 Å². The molecule has 7 nitrogen and oxygen atoms in total. The van der Waals surface area contributed by atoms with E-state index in [0.29, 0.717) is 18.1 Å². The summed E-state index contributed by atoms with van der Waals surface area (Å²) in [6.45, 7) is 4.37. The van der Waals surface area contributed by atoms with Crippen molar-refractivity contribution in [1.82, 2.24) is 15.1 Å². The molecule has 8 heteroatoms. The van der Waals surface area contributed by atoms with E-state index in [2.05, 4.69) is 17.0 Å². The molecule has 1 rings (SSSR count). The van der Waals surface area contributed by atoms with Gasteiger partial charge in [-0.3, -0.25) is 14.8 Å². The largest absolute Gasteiger partial charge is 0.390 e.